The third kappa shape index (κ3) is 2.71. The highest BCUT2D eigenvalue weighted by molar-refractivity contribution is 9.09. The third-order valence-electron chi connectivity index (χ3n) is 2.78. The number of halogens is 1. The smallest absolute Gasteiger partial charge is 0.231 e. The van der Waals surface area contributed by atoms with Crippen molar-refractivity contribution in [3.8, 4) is 17.2 Å². The minimum Gasteiger partial charge on any atom is -0.508 e. The van der Waals surface area contributed by atoms with E-state index in [9.17, 15) is 5.11 Å². The largest absolute Gasteiger partial charge is 0.508 e. The van der Waals surface area contributed by atoms with Gasteiger partial charge in [0.05, 0.1) is 7.85 Å². The highest BCUT2D eigenvalue weighted by atomic mass is 79.9. The molecule has 90 valence electrons. The summed E-state index contributed by atoms with van der Waals surface area (Å²) in [7, 11) is 6.01. The van der Waals surface area contributed by atoms with E-state index in [1.165, 1.54) is 0 Å². The maximum atomic E-state index is 9.89. The molecule has 1 aromatic carbocycles. The molecule has 0 aromatic heterocycles. The number of hydrogen-bond donors (Lipinski definition) is 1. The second kappa shape index (κ2) is 4.44. The first-order valence-corrected chi connectivity index (χ1v) is 6.34. The fourth-order valence-electron chi connectivity index (χ4n) is 1.59. The lowest BCUT2D eigenvalue weighted by Gasteiger charge is -2.26. The number of hydrogen-bond acceptors (Lipinski definition) is 3. The Hall–Kier alpha value is -0.835. The van der Waals surface area contributed by atoms with Crippen molar-refractivity contribution in [2.75, 3.05) is 6.79 Å². The molecule has 0 saturated heterocycles. The summed E-state index contributed by atoms with van der Waals surface area (Å²) in [5.74, 6) is 1.47. The molecule has 0 spiro atoms. The van der Waals surface area contributed by atoms with Crippen molar-refractivity contribution in [2.24, 2.45) is 0 Å². The minimum atomic E-state index is -0.358. The van der Waals surface area contributed by atoms with Crippen LogP contribution >= 0.6 is 15.9 Å². The Bertz CT molecular complexity index is 428. The first-order chi connectivity index (χ1) is 7.88. The minimum absolute atomic E-state index is 0.0706. The Labute approximate surface area is 111 Å². The van der Waals surface area contributed by atoms with Gasteiger partial charge in [0.2, 0.25) is 6.79 Å². The molecule has 17 heavy (non-hydrogen) atoms. The Morgan fingerprint density at radius 3 is 2.59 bits per heavy atom. The molecule has 2 rings (SSSR count). The Balaban J connectivity index is 2.22. The average Bonchev–Trinajstić information content (AvgIpc) is 2.63. The normalized spacial score (nSPS) is 15.9. The summed E-state index contributed by atoms with van der Waals surface area (Å²) in [5.41, 5.74) is 0.801. The summed E-state index contributed by atoms with van der Waals surface area (Å²) < 4.78 is 10.5. The number of phenolic OH excluding ortho intramolecular Hbond substituents is 1. The summed E-state index contributed by atoms with van der Waals surface area (Å²) in [4.78, 5) is 0.0706. The van der Waals surface area contributed by atoms with Crippen LogP contribution in [-0.4, -0.2) is 24.6 Å². The van der Waals surface area contributed by atoms with Crippen molar-refractivity contribution in [1.29, 1.82) is 0 Å². The van der Waals surface area contributed by atoms with Gasteiger partial charge < -0.3 is 14.6 Å². The zero-order valence-corrected chi connectivity index (χ0v) is 11.5. The maximum absolute atomic E-state index is 9.89. The molecule has 1 N–H and O–H groups in total. The molecule has 0 bridgehead atoms. The summed E-state index contributed by atoms with van der Waals surface area (Å²) in [6.45, 7) is 4.09. The monoisotopic (exact) mass is 296 g/mol. The molecule has 0 saturated carbocycles. The van der Waals surface area contributed by atoms with Crippen molar-refractivity contribution < 1.29 is 14.6 Å². The predicted octanol–water partition coefficient (Wildman–Crippen LogP) is 2.79. The molecule has 5 heteroatoms. The number of alkyl halides is 1. The van der Waals surface area contributed by atoms with Gasteiger partial charge in [-0.25, -0.2) is 0 Å². The number of rotatable bonds is 3. The van der Waals surface area contributed by atoms with Gasteiger partial charge in [-0.05, 0) is 18.1 Å². The van der Waals surface area contributed by atoms with Gasteiger partial charge in [0.1, 0.15) is 5.75 Å². The van der Waals surface area contributed by atoms with E-state index in [1.807, 2.05) is 13.8 Å². The summed E-state index contributed by atoms with van der Waals surface area (Å²) in [6.07, 6.45) is 0.631. The number of aromatic hydroxyl groups is 1. The van der Waals surface area contributed by atoms with Gasteiger partial charge in [-0.2, -0.15) is 0 Å². The van der Waals surface area contributed by atoms with Crippen LogP contribution in [0.15, 0.2) is 12.1 Å². The fraction of sp³-hybridized carbons (Fsp3) is 0.500. The molecule has 2 radical (unpaired) electrons. The quantitative estimate of drug-likeness (QED) is 0.688. The van der Waals surface area contributed by atoms with Crippen LogP contribution in [0.4, 0.5) is 0 Å². The highest BCUT2D eigenvalue weighted by Gasteiger charge is 2.24. The maximum Gasteiger partial charge on any atom is 0.231 e. The van der Waals surface area contributed by atoms with Gasteiger partial charge in [-0.3, -0.25) is 0 Å². The molecule has 1 aliphatic heterocycles. The standard InChI is InChI=1S/C12H14BBrO3/c1-12(2,13)11(14)4-7-3-9-10(5-8(7)15)17-6-16-9/h3,5,11,15H,4,6H2,1-2H3. The number of benzene rings is 1. The number of ether oxygens (including phenoxy) is 2. The lowest BCUT2D eigenvalue weighted by molar-refractivity contribution is 0.174. The molecule has 1 heterocycles. The van der Waals surface area contributed by atoms with Gasteiger partial charge in [0.15, 0.2) is 11.5 Å². The third-order valence-corrected chi connectivity index (χ3v) is 4.28. The van der Waals surface area contributed by atoms with E-state index < -0.39 is 0 Å². The van der Waals surface area contributed by atoms with Crippen molar-refractivity contribution in [3.05, 3.63) is 17.7 Å². The van der Waals surface area contributed by atoms with Crippen LogP contribution in [0.5, 0.6) is 17.2 Å². The molecule has 0 aliphatic carbocycles. The van der Waals surface area contributed by atoms with Crippen molar-refractivity contribution >= 4 is 23.8 Å². The van der Waals surface area contributed by atoms with E-state index in [4.69, 9.17) is 17.3 Å². The molecule has 1 aliphatic rings. The van der Waals surface area contributed by atoms with Gasteiger partial charge in [0, 0.05) is 10.9 Å². The first kappa shape index (κ1) is 12.6. The lowest BCUT2D eigenvalue weighted by atomic mass is 9.69. The van der Waals surface area contributed by atoms with Crippen LogP contribution < -0.4 is 9.47 Å². The predicted molar refractivity (Wildman–Crippen MR) is 70.4 cm³/mol. The van der Waals surface area contributed by atoms with E-state index in [0.29, 0.717) is 17.9 Å². The second-order valence-corrected chi connectivity index (χ2v) is 5.93. The summed E-state index contributed by atoms with van der Waals surface area (Å²) in [5, 5.41) is 9.53. The zero-order chi connectivity index (χ0) is 12.6. The van der Waals surface area contributed by atoms with Crippen LogP contribution in [0, 0.1) is 0 Å². The van der Waals surface area contributed by atoms with E-state index in [1.54, 1.807) is 12.1 Å². The number of fused-ring (bicyclic) bond motifs is 1. The summed E-state index contributed by atoms with van der Waals surface area (Å²) >= 11 is 3.54. The number of phenols is 1. The molecule has 0 amide bonds. The van der Waals surface area contributed by atoms with E-state index in [2.05, 4.69) is 15.9 Å². The Morgan fingerprint density at radius 2 is 2.00 bits per heavy atom. The van der Waals surface area contributed by atoms with E-state index in [-0.39, 0.29) is 22.7 Å². The van der Waals surface area contributed by atoms with Crippen LogP contribution in [0.25, 0.3) is 0 Å². The van der Waals surface area contributed by atoms with Crippen LogP contribution in [0.3, 0.4) is 0 Å². The molecular formula is C12H14BBrO3. The topological polar surface area (TPSA) is 38.7 Å². The average molecular weight is 297 g/mol. The lowest BCUT2D eigenvalue weighted by Crippen LogP contribution is -2.19. The Morgan fingerprint density at radius 1 is 1.41 bits per heavy atom. The zero-order valence-electron chi connectivity index (χ0n) is 9.87. The van der Waals surface area contributed by atoms with Gasteiger partial charge in [0.25, 0.3) is 0 Å². The van der Waals surface area contributed by atoms with Crippen LogP contribution in [0.2, 0.25) is 5.31 Å². The molecule has 1 aromatic rings. The molecule has 0 fully saturated rings. The van der Waals surface area contributed by atoms with Gasteiger partial charge in [-0.1, -0.05) is 35.1 Å². The van der Waals surface area contributed by atoms with Crippen molar-refractivity contribution in [3.63, 3.8) is 0 Å². The van der Waals surface area contributed by atoms with Gasteiger partial charge in [-0.15, -0.1) is 0 Å². The summed E-state index contributed by atoms with van der Waals surface area (Å²) in [6, 6.07) is 3.39. The molecule has 3 nitrogen and oxygen atoms in total. The fourth-order valence-corrected chi connectivity index (χ4v) is 1.94. The Kier molecular flexibility index (Phi) is 3.30. The molecule has 1 atom stereocenters. The van der Waals surface area contributed by atoms with Gasteiger partial charge >= 0.3 is 0 Å². The van der Waals surface area contributed by atoms with E-state index in [0.717, 1.165) is 5.56 Å². The van der Waals surface area contributed by atoms with E-state index >= 15 is 0 Å². The van der Waals surface area contributed by atoms with Crippen LogP contribution in [0.1, 0.15) is 19.4 Å². The SMILES string of the molecule is [B]C(C)(C)C(Br)Cc1cc2c(cc1O)OCO2. The second-order valence-electron chi connectivity index (χ2n) is 4.83. The molecule has 1 unspecified atom stereocenters. The van der Waals surface area contributed by atoms with Crippen molar-refractivity contribution in [2.45, 2.75) is 30.4 Å². The van der Waals surface area contributed by atoms with Crippen LogP contribution in [-0.2, 0) is 6.42 Å². The van der Waals surface area contributed by atoms with Crippen molar-refractivity contribution in [1.82, 2.24) is 0 Å². The highest BCUT2D eigenvalue weighted by Crippen LogP contribution is 2.40. The molecular weight excluding hydrogens is 283 g/mol. The first-order valence-electron chi connectivity index (χ1n) is 5.42.